The highest BCUT2D eigenvalue weighted by molar-refractivity contribution is 7.89. The Balaban J connectivity index is 2.10. The van der Waals surface area contributed by atoms with Crippen molar-refractivity contribution >= 4 is 10.0 Å². The summed E-state index contributed by atoms with van der Waals surface area (Å²) in [4.78, 5) is 3.87. The van der Waals surface area contributed by atoms with E-state index in [0.29, 0.717) is 5.76 Å². The number of hydrogen-bond donors (Lipinski definition) is 1. The predicted molar refractivity (Wildman–Crippen MR) is 61.7 cm³/mol. The minimum absolute atomic E-state index is 0.00724. The molecule has 0 saturated heterocycles. The van der Waals surface area contributed by atoms with Crippen LogP contribution in [0.2, 0.25) is 0 Å². The Morgan fingerprint density at radius 3 is 2.56 bits per heavy atom. The third kappa shape index (κ3) is 2.93. The zero-order valence-corrected chi connectivity index (χ0v) is 10.4. The van der Waals surface area contributed by atoms with Crippen molar-refractivity contribution in [2.75, 3.05) is 0 Å². The van der Waals surface area contributed by atoms with E-state index >= 15 is 0 Å². The van der Waals surface area contributed by atoms with Gasteiger partial charge in [0.25, 0.3) is 0 Å². The molecule has 0 aliphatic heterocycles. The number of oxazole rings is 1. The van der Waals surface area contributed by atoms with Crippen molar-refractivity contribution in [1.29, 1.82) is 0 Å². The van der Waals surface area contributed by atoms with Crippen LogP contribution in [0.3, 0.4) is 0 Å². The standard InChI is InChI=1S/C11H11FN2O3S/c1-8-6-13-11(17-8)7-14-18(15,16)10-4-2-9(12)3-5-10/h2-6,14H,7H2,1H3. The first-order chi connectivity index (χ1) is 8.47. The molecule has 0 unspecified atom stereocenters. The van der Waals surface area contributed by atoms with Gasteiger partial charge in [0, 0.05) is 0 Å². The zero-order valence-electron chi connectivity index (χ0n) is 9.55. The summed E-state index contributed by atoms with van der Waals surface area (Å²) >= 11 is 0. The van der Waals surface area contributed by atoms with Gasteiger partial charge in [-0.05, 0) is 31.2 Å². The summed E-state index contributed by atoms with van der Waals surface area (Å²) < 4.78 is 43.8. The Hall–Kier alpha value is -1.73. The van der Waals surface area contributed by atoms with Crippen molar-refractivity contribution in [2.24, 2.45) is 0 Å². The third-order valence-corrected chi connectivity index (χ3v) is 3.62. The van der Waals surface area contributed by atoms with Crippen LogP contribution in [0.1, 0.15) is 11.7 Å². The van der Waals surface area contributed by atoms with Gasteiger partial charge in [0.05, 0.1) is 17.6 Å². The Labute approximate surface area is 104 Å². The lowest BCUT2D eigenvalue weighted by molar-refractivity contribution is 0.463. The summed E-state index contributed by atoms with van der Waals surface area (Å²) in [5.41, 5.74) is 0. The van der Waals surface area contributed by atoms with E-state index in [9.17, 15) is 12.8 Å². The monoisotopic (exact) mass is 270 g/mol. The predicted octanol–water partition coefficient (Wildman–Crippen LogP) is 1.60. The first-order valence-electron chi connectivity index (χ1n) is 5.14. The van der Waals surface area contributed by atoms with Crippen molar-refractivity contribution in [2.45, 2.75) is 18.4 Å². The van der Waals surface area contributed by atoms with Crippen molar-refractivity contribution in [3.63, 3.8) is 0 Å². The lowest BCUT2D eigenvalue weighted by Gasteiger charge is -2.04. The van der Waals surface area contributed by atoms with Crippen molar-refractivity contribution in [1.82, 2.24) is 9.71 Å². The van der Waals surface area contributed by atoms with Gasteiger partial charge in [-0.15, -0.1) is 0 Å². The molecule has 1 aromatic carbocycles. The summed E-state index contributed by atoms with van der Waals surface area (Å²) in [6.45, 7) is 1.67. The van der Waals surface area contributed by atoms with Crippen LogP contribution in [0.25, 0.3) is 0 Å². The molecule has 18 heavy (non-hydrogen) atoms. The van der Waals surface area contributed by atoms with Crippen molar-refractivity contribution < 1.29 is 17.2 Å². The number of benzene rings is 1. The molecule has 1 aromatic heterocycles. The molecule has 1 N–H and O–H groups in total. The molecule has 2 rings (SSSR count). The van der Waals surface area contributed by atoms with E-state index in [1.54, 1.807) is 6.92 Å². The van der Waals surface area contributed by atoms with Crippen LogP contribution in [0.5, 0.6) is 0 Å². The Morgan fingerprint density at radius 2 is 2.00 bits per heavy atom. The lowest BCUT2D eigenvalue weighted by Crippen LogP contribution is -2.23. The summed E-state index contributed by atoms with van der Waals surface area (Å²) in [5.74, 6) is 0.390. The van der Waals surface area contributed by atoms with Gasteiger partial charge in [-0.1, -0.05) is 0 Å². The number of halogens is 1. The summed E-state index contributed by atoms with van der Waals surface area (Å²) in [6, 6.07) is 4.56. The lowest BCUT2D eigenvalue weighted by atomic mass is 10.4. The second kappa shape index (κ2) is 4.87. The highest BCUT2D eigenvalue weighted by Crippen LogP contribution is 2.10. The van der Waals surface area contributed by atoms with E-state index < -0.39 is 15.8 Å². The minimum atomic E-state index is -3.68. The number of aromatic nitrogens is 1. The highest BCUT2D eigenvalue weighted by atomic mass is 32.2. The summed E-state index contributed by atoms with van der Waals surface area (Å²) in [7, 11) is -3.68. The molecule has 0 spiro atoms. The molecule has 0 radical (unpaired) electrons. The smallest absolute Gasteiger partial charge is 0.241 e. The Morgan fingerprint density at radius 1 is 1.33 bits per heavy atom. The van der Waals surface area contributed by atoms with Gasteiger partial charge in [0.1, 0.15) is 11.6 Å². The van der Waals surface area contributed by atoms with Crippen LogP contribution >= 0.6 is 0 Å². The van der Waals surface area contributed by atoms with E-state index in [1.807, 2.05) is 0 Å². The number of sulfonamides is 1. The molecule has 2 aromatic rings. The van der Waals surface area contributed by atoms with Gasteiger partial charge in [0.2, 0.25) is 15.9 Å². The number of aryl methyl sites for hydroxylation is 1. The maximum atomic E-state index is 12.7. The molecule has 0 bridgehead atoms. The first-order valence-corrected chi connectivity index (χ1v) is 6.62. The number of rotatable bonds is 4. The zero-order chi connectivity index (χ0) is 13.2. The van der Waals surface area contributed by atoms with Crippen LogP contribution in [-0.2, 0) is 16.6 Å². The Kier molecular flexibility index (Phi) is 3.44. The number of hydrogen-bond acceptors (Lipinski definition) is 4. The molecule has 0 amide bonds. The second-order valence-corrected chi connectivity index (χ2v) is 5.41. The van der Waals surface area contributed by atoms with Crippen LogP contribution in [0.4, 0.5) is 4.39 Å². The van der Waals surface area contributed by atoms with Crippen LogP contribution in [-0.4, -0.2) is 13.4 Å². The quantitative estimate of drug-likeness (QED) is 0.916. The van der Waals surface area contributed by atoms with Gasteiger partial charge in [-0.2, -0.15) is 0 Å². The van der Waals surface area contributed by atoms with E-state index in [2.05, 4.69) is 9.71 Å². The maximum absolute atomic E-state index is 12.7. The molecule has 5 nitrogen and oxygen atoms in total. The Bertz CT molecular complexity index is 635. The fourth-order valence-corrected chi connectivity index (χ4v) is 2.31. The SMILES string of the molecule is Cc1cnc(CNS(=O)(=O)c2ccc(F)cc2)o1. The average molecular weight is 270 g/mol. The number of nitrogens with one attached hydrogen (secondary N) is 1. The van der Waals surface area contributed by atoms with E-state index in [4.69, 9.17) is 4.42 Å². The van der Waals surface area contributed by atoms with E-state index in [-0.39, 0.29) is 17.3 Å². The molecular formula is C11H11FN2O3S. The molecule has 7 heteroatoms. The van der Waals surface area contributed by atoms with E-state index in [0.717, 1.165) is 12.1 Å². The number of nitrogens with zero attached hydrogens (tertiary/aromatic N) is 1. The molecule has 0 atom stereocenters. The maximum Gasteiger partial charge on any atom is 0.241 e. The topological polar surface area (TPSA) is 72.2 Å². The van der Waals surface area contributed by atoms with Gasteiger partial charge >= 0.3 is 0 Å². The summed E-state index contributed by atoms with van der Waals surface area (Å²) in [5, 5.41) is 0. The molecular weight excluding hydrogens is 259 g/mol. The molecule has 0 aliphatic rings. The van der Waals surface area contributed by atoms with Crippen LogP contribution < -0.4 is 4.72 Å². The minimum Gasteiger partial charge on any atom is -0.445 e. The van der Waals surface area contributed by atoms with Gasteiger partial charge in [-0.25, -0.2) is 22.5 Å². The van der Waals surface area contributed by atoms with Gasteiger partial charge < -0.3 is 4.42 Å². The van der Waals surface area contributed by atoms with Crippen molar-refractivity contribution in [3.05, 3.63) is 47.9 Å². The van der Waals surface area contributed by atoms with Gasteiger partial charge in [-0.3, -0.25) is 0 Å². The highest BCUT2D eigenvalue weighted by Gasteiger charge is 2.14. The van der Waals surface area contributed by atoms with Gasteiger partial charge in [0.15, 0.2) is 0 Å². The molecule has 0 aliphatic carbocycles. The van der Waals surface area contributed by atoms with E-state index in [1.165, 1.54) is 18.3 Å². The first kappa shape index (κ1) is 12.7. The fourth-order valence-electron chi connectivity index (χ4n) is 1.34. The third-order valence-electron chi connectivity index (χ3n) is 2.21. The van der Waals surface area contributed by atoms with Crippen LogP contribution in [0.15, 0.2) is 39.8 Å². The average Bonchev–Trinajstić information content (AvgIpc) is 2.73. The molecule has 1 heterocycles. The second-order valence-electron chi connectivity index (χ2n) is 3.64. The molecule has 0 fully saturated rings. The van der Waals surface area contributed by atoms with Crippen molar-refractivity contribution in [3.8, 4) is 0 Å². The van der Waals surface area contributed by atoms with Crippen LogP contribution in [0, 0.1) is 12.7 Å². The molecule has 96 valence electrons. The molecule has 0 saturated carbocycles. The normalized spacial score (nSPS) is 11.7. The largest absolute Gasteiger partial charge is 0.445 e. The summed E-state index contributed by atoms with van der Waals surface area (Å²) in [6.07, 6.45) is 1.50. The fraction of sp³-hybridized carbons (Fsp3) is 0.182.